The molecule has 3 rings (SSSR count). The molecule has 0 radical (unpaired) electrons. The Morgan fingerprint density at radius 1 is 1.17 bits per heavy atom. The number of rotatable bonds is 4. The van der Waals surface area contributed by atoms with Crippen molar-refractivity contribution in [2.45, 2.75) is 11.8 Å². The molecule has 0 aliphatic heterocycles. The van der Waals surface area contributed by atoms with Gasteiger partial charge in [0.2, 0.25) is 0 Å². The molecule has 0 saturated carbocycles. The molecular weight excluding hydrogens is 330 g/mol. The molecule has 0 amide bonds. The molecule has 7 nitrogen and oxygen atoms in total. The Balaban J connectivity index is 1.97. The van der Waals surface area contributed by atoms with Gasteiger partial charge in [-0.15, -0.1) is 0 Å². The van der Waals surface area contributed by atoms with Crippen LogP contribution in [0, 0.1) is 6.92 Å². The summed E-state index contributed by atoms with van der Waals surface area (Å²) in [5, 5.41) is 0. The normalized spacial score (nSPS) is 11.6. The van der Waals surface area contributed by atoms with Crippen molar-refractivity contribution in [2.24, 2.45) is 7.05 Å². The van der Waals surface area contributed by atoms with Gasteiger partial charge < -0.3 is 9.72 Å². The van der Waals surface area contributed by atoms with Gasteiger partial charge in [0.25, 0.3) is 10.0 Å². The van der Waals surface area contributed by atoms with E-state index in [-0.39, 0.29) is 10.6 Å². The number of nitrogens with zero attached hydrogens (tertiary/aromatic N) is 1. The van der Waals surface area contributed by atoms with Crippen LogP contribution in [0.25, 0.3) is 11.0 Å². The summed E-state index contributed by atoms with van der Waals surface area (Å²) in [6.45, 7) is 1.78. The fourth-order valence-corrected chi connectivity index (χ4v) is 3.67. The van der Waals surface area contributed by atoms with E-state index in [1.807, 2.05) is 0 Å². The molecule has 0 bridgehead atoms. The largest absolute Gasteiger partial charge is 0.496 e. The van der Waals surface area contributed by atoms with E-state index < -0.39 is 10.0 Å². The van der Waals surface area contributed by atoms with E-state index in [1.165, 1.54) is 17.7 Å². The van der Waals surface area contributed by atoms with E-state index in [1.54, 1.807) is 44.3 Å². The van der Waals surface area contributed by atoms with Gasteiger partial charge in [0.1, 0.15) is 5.75 Å². The van der Waals surface area contributed by atoms with Crippen molar-refractivity contribution in [2.75, 3.05) is 11.8 Å². The molecular formula is C16H17N3O4S. The van der Waals surface area contributed by atoms with Crippen molar-refractivity contribution in [3.05, 3.63) is 52.4 Å². The Morgan fingerprint density at radius 2 is 1.92 bits per heavy atom. The maximum atomic E-state index is 12.5. The first-order valence-corrected chi connectivity index (χ1v) is 8.66. The van der Waals surface area contributed by atoms with Crippen molar-refractivity contribution in [3.63, 3.8) is 0 Å². The van der Waals surface area contributed by atoms with Gasteiger partial charge in [0.05, 0.1) is 28.7 Å². The second-order valence-electron chi connectivity index (χ2n) is 5.46. The minimum atomic E-state index is -3.74. The summed E-state index contributed by atoms with van der Waals surface area (Å²) in [5.41, 5.74) is 2.11. The quantitative estimate of drug-likeness (QED) is 0.755. The van der Waals surface area contributed by atoms with Gasteiger partial charge >= 0.3 is 5.69 Å². The van der Waals surface area contributed by atoms with Crippen molar-refractivity contribution in [1.82, 2.24) is 9.55 Å². The lowest BCUT2D eigenvalue weighted by atomic mass is 10.2. The number of H-pyrrole nitrogens is 1. The molecule has 1 aromatic heterocycles. The highest BCUT2D eigenvalue weighted by atomic mass is 32.2. The van der Waals surface area contributed by atoms with Crippen LogP contribution in [0.1, 0.15) is 5.56 Å². The van der Waals surface area contributed by atoms with Crippen LogP contribution < -0.4 is 15.1 Å². The van der Waals surface area contributed by atoms with Crippen molar-refractivity contribution in [3.8, 4) is 5.75 Å². The number of nitrogens with one attached hydrogen (secondary N) is 2. The fraction of sp³-hybridized carbons (Fsp3) is 0.188. The van der Waals surface area contributed by atoms with Crippen molar-refractivity contribution < 1.29 is 13.2 Å². The predicted molar refractivity (Wildman–Crippen MR) is 92.1 cm³/mol. The summed E-state index contributed by atoms with van der Waals surface area (Å²) in [4.78, 5) is 14.4. The van der Waals surface area contributed by atoms with Crippen LogP contribution in [0.3, 0.4) is 0 Å². The van der Waals surface area contributed by atoms with Crippen LogP contribution in [0.15, 0.2) is 46.1 Å². The van der Waals surface area contributed by atoms with Gasteiger partial charge in [-0.25, -0.2) is 13.2 Å². The molecule has 0 atom stereocenters. The van der Waals surface area contributed by atoms with E-state index in [0.29, 0.717) is 22.5 Å². The summed E-state index contributed by atoms with van der Waals surface area (Å²) in [7, 11) is -0.561. The zero-order valence-corrected chi connectivity index (χ0v) is 14.3. The molecule has 0 aliphatic rings. The van der Waals surface area contributed by atoms with E-state index >= 15 is 0 Å². The lowest BCUT2D eigenvalue weighted by molar-refractivity contribution is 0.411. The highest BCUT2D eigenvalue weighted by Gasteiger charge is 2.16. The third-order valence-corrected chi connectivity index (χ3v) is 5.21. The highest BCUT2D eigenvalue weighted by molar-refractivity contribution is 7.92. The van der Waals surface area contributed by atoms with Crippen LogP contribution >= 0.6 is 0 Å². The van der Waals surface area contributed by atoms with Crippen LogP contribution in [0.4, 0.5) is 5.69 Å². The molecule has 126 valence electrons. The number of imidazole rings is 1. The second kappa shape index (κ2) is 5.72. The number of aromatic nitrogens is 2. The first-order chi connectivity index (χ1) is 11.3. The lowest BCUT2D eigenvalue weighted by Crippen LogP contribution is -2.13. The number of aromatic amines is 1. The first kappa shape index (κ1) is 16.1. The molecule has 1 heterocycles. The minimum absolute atomic E-state index is 0.141. The summed E-state index contributed by atoms with van der Waals surface area (Å²) < 4.78 is 34.2. The van der Waals surface area contributed by atoms with Crippen LogP contribution in [-0.2, 0) is 17.1 Å². The second-order valence-corrected chi connectivity index (χ2v) is 7.14. The Morgan fingerprint density at radius 3 is 2.58 bits per heavy atom. The van der Waals surface area contributed by atoms with Crippen molar-refractivity contribution >= 4 is 26.7 Å². The number of benzene rings is 2. The number of sulfonamides is 1. The Kier molecular flexibility index (Phi) is 3.84. The zero-order valence-electron chi connectivity index (χ0n) is 13.5. The molecule has 0 unspecified atom stereocenters. The summed E-state index contributed by atoms with van der Waals surface area (Å²) in [5.74, 6) is 0.622. The number of aryl methyl sites for hydroxylation is 2. The van der Waals surface area contributed by atoms with Gasteiger partial charge in [-0.1, -0.05) is 0 Å². The fourth-order valence-electron chi connectivity index (χ4n) is 2.53. The minimum Gasteiger partial charge on any atom is -0.496 e. The van der Waals surface area contributed by atoms with Crippen LogP contribution in [0.2, 0.25) is 0 Å². The number of hydrogen-bond acceptors (Lipinski definition) is 4. The van der Waals surface area contributed by atoms with E-state index in [4.69, 9.17) is 4.74 Å². The summed E-state index contributed by atoms with van der Waals surface area (Å²) in [6.07, 6.45) is 0. The third kappa shape index (κ3) is 2.76. The number of hydrogen-bond donors (Lipinski definition) is 2. The molecule has 2 N–H and O–H groups in total. The smallest absolute Gasteiger partial charge is 0.326 e. The molecule has 24 heavy (non-hydrogen) atoms. The van der Waals surface area contributed by atoms with E-state index in [0.717, 1.165) is 5.56 Å². The molecule has 0 aliphatic carbocycles. The van der Waals surface area contributed by atoms with Crippen LogP contribution in [-0.4, -0.2) is 25.1 Å². The van der Waals surface area contributed by atoms with Gasteiger partial charge in [-0.3, -0.25) is 9.29 Å². The average Bonchev–Trinajstić information content (AvgIpc) is 2.81. The third-order valence-electron chi connectivity index (χ3n) is 3.83. The standard InChI is InChI=1S/C16H17N3O4S/c1-10-8-12(5-7-15(10)23-3)24(21,22)18-11-4-6-14-13(9-11)17-16(20)19(14)2/h4-9,18H,1-3H3,(H,17,20). The van der Waals surface area contributed by atoms with Gasteiger partial charge in [-0.2, -0.15) is 0 Å². The number of ether oxygens (including phenoxy) is 1. The SMILES string of the molecule is COc1ccc(S(=O)(=O)Nc2ccc3c(c2)[nH]c(=O)n3C)cc1C. The lowest BCUT2D eigenvalue weighted by Gasteiger charge is -2.10. The molecule has 8 heteroatoms. The highest BCUT2D eigenvalue weighted by Crippen LogP contribution is 2.24. The van der Waals surface area contributed by atoms with Crippen LogP contribution in [0.5, 0.6) is 5.75 Å². The zero-order chi connectivity index (χ0) is 17.5. The molecule has 0 spiro atoms. The molecule has 0 fully saturated rings. The Bertz CT molecular complexity index is 1080. The number of anilines is 1. The maximum Gasteiger partial charge on any atom is 0.326 e. The van der Waals surface area contributed by atoms with Crippen molar-refractivity contribution in [1.29, 1.82) is 0 Å². The van der Waals surface area contributed by atoms with Gasteiger partial charge in [0.15, 0.2) is 0 Å². The maximum absolute atomic E-state index is 12.5. The molecule has 3 aromatic rings. The Hall–Kier alpha value is -2.74. The summed E-state index contributed by atoms with van der Waals surface area (Å²) >= 11 is 0. The number of fused-ring (bicyclic) bond motifs is 1. The average molecular weight is 347 g/mol. The first-order valence-electron chi connectivity index (χ1n) is 7.18. The topological polar surface area (TPSA) is 93.2 Å². The van der Waals surface area contributed by atoms with Gasteiger partial charge in [0, 0.05) is 7.05 Å². The predicted octanol–water partition coefficient (Wildman–Crippen LogP) is 1.98. The summed E-state index contributed by atoms with van der Waals surface area (Å²) in [6, 6.07) is 9.53. The van der Waals surface area contributed by atoms with E-state index in [9.17, 15) is 13.2 Å². The molecule has 2 aromatic carbocycles. The van der Waals surface area contributed by atoms with Gasteiger partial charge in [-0.05, 0) is 48.9 Å². The monoisotopic (exact) mass is 347 g/mol. The number of methoxy groups -OCH3 is 1. The Labute approximate surface area is 138 Å². The van der Waals surface area contributed by atoms with E-state index in [2.05, 4.69) is 9.71 Å². The molecule has 0 saturated heterocycles.